The molecule has 6 heteroatoms. The van der Waals surface area contributed by atoms with Gasteiger partial charge < -0.3 is 18.9 Å². The molecule has 8 rings (SSSR count). The van der Waals surface area contributed by atoms with Crippen LogP contribution in [-0.4, -0.2) is 38.0 Å². The SMILES string of the molecule is CCCOc1c2cccc1Cc1cccc(c1OCCC)Cc1cc(C(=O)C=P(c3ccccc3)(c3ccccc3)c3ccccc3)cc(c1OCCC)Cc1cccc(c1OCCC)C2. The zero-order valence-corrected chi connectivity index (χ0v) is 40.0. The molecular weight excluding hydrogens is 832 g/mol. The third-order valence-electron chi connectivity index (χ3n) is 12.2. The lowest BCUT2D eigenvalue weighted by molar-refractivity contribution is 0.107. The van der Waals surface area contributed by atoms with Gasteiger partial charge in [-0.05, 0) is 111 Å². The molecule has 0 radical (unpaired) electrons. The van der Waals surface area contributed by atoms with Crippen LogP contribution in [0.4, 0.5) is 0 Å². The Morgan fingerprint density at radius 2 is 0.667 bits per heavy atom. The van der Waals surface area contributed by atoms with Gasteiger partial charge in [-0.1, -0.05) is 173 Å². The molecule has 0 fully saturated rings. The van der Waals surface area contributed by atoms with E-state index >= 15 is 4.79 Å². The Hall–Kier alpha value is -6.29. The van der Waals surface area contributed by atoms with Crippen LogP contribution in [-0.2, 0) is 25.7 Å². The number of hydrogen-bond donors (Lipinski definition) is 0. The van der Waals surface area contributed by atoms with Gasteiger partial charge in [0.1, 0.15) is 23.0 Å². The molecule has 1 aliphatic rings. The van der Waals surface area contributed by atoms with Crippen LogP contribution in [0.3, 0.4) is 0 Å². The molecule has 0 heterocycles. The van der Waals surface area contributed by atoms with Gasteiger partial charge in [-0.15, -0.1) is 0 Å². The van der Waals surface area contributed by atoms with Gasteiger partial charge in [-0.25, -0.2) is 0 Å². The van der Waals surface area contributed by atoms with Gasteiger partial charge in [-0.2, -0.15) is 0 Å². The van der Waals surface area contributed by atoms with Crippen molar-refractivity contribution >= 4 is 34.4 Å². The van der Waals surface area contributed by atoms with Crippen molar-refractivity contribution in [3.8, 4) is 23.0 Å². The van der Waals surface area contributed by atoms with E-state index in [0.29, 0.717) is 57.7 Å². The zero-order valence-electron chi connectivity index (χ0n) is 39.1. The molecule has 0 N–H and O–H groups in total. The van der Waals surface area contributed by atoms with Gasteiger partial charge in [0.15, 0.2) is 5.78 Å². The van der Waals surface area contributed by atoms with Gasteiger partial charge in [0, 0.05) is 31.2 Å². The van der Waals surface area contributed by atoms with E-state index in [1.165, 1.54) is 0 Å². The van der Waals surface area contributed by atoms with Crippen LogP contribution in [0.2, 0.25) is 0 Å². The minimum atomic E-state index is -2.62. The second-order valence-electron chi connectivity index (χ2n) is 17.2. The normalized spacial score (nSPS) is 12.2. The van der Waals surface area contributed by atoms with Gasteiger partial charge in [0.25, 0.3) is 0 Å². The third-order valence-corrected chi connectivity index (χ3v) is 16.1. The quantitative estimate of drug-likeness (QED) is 0.0673. The molecule has 0 spiro atoms. The van der Waals surface area contributed by atoms with E-state index in [1.54, 1.807) is 0 Å². The molecule has 0 saturated carbocycles. The van der Waals surface area contributed by atoms with Crippen molar-refractivity contribution in [3.05, 3.63) is 208 Å². The number of benzene rings is 7. The van der Waals surface area contributed by atoms with Crippen LogP contribution in [0, 0.1) is 0 Å². The molecule has 0 aliphatic heterocycles. The highest BCUT2D eigenvalue weighted by Gasteiger charge is 2.28. The van der Waals surface area contributed by atoms with Crippen molar-refractivity contribution < 1.29 is 23.7 Å². The monoisotopic (exact) mass is 894 g/mol. The van der Waals surface area contributed by atoms with Crippen molar-refractivity contribution in [3.63, 3.8) is 0 Å². The molecule has 7 aromatic carbocycles. The highest BCUT2D eigenvalue weighted by molar-refractivity contribution is 7.95. The van der Waals surface area contributed by atoms with Crippen molar-refractivity contribution in [2.24, 2.45) is 0 Å². The molecular formula is C60H63O5P. The second kappa shape index (κ2) is 22.3. The summed E-state index contributed by atoms with van der Waals surface area (Å²) >= 11 is 0. The largest absolute Gasteiger partial charge is 0.493 e. The fraction of sp³-hybridized carbons (Fsp3) is 0.267. The maximum absolute atomic E-state index is 15.6. The Labute approximate surface area is 392 Å². The van der Waals surface area contributed by atoms with E-state index in [4.69, 9.17) is 18.9 Å². The number of Topliss-reactive ketones (excluding diaryl/α,β-unsaturated/α-hetero) is 1. The molecule has 338 valence electrons. The lowest BCUT2D eigenvalue weighted by Crippen LogP contribution is -2.28. The summed E-state index contributed by atoms with van der Waals surface area (Å²) < 4.78 is 27.0. The summed E-state index contributed by atoms with van der Waals surface area (Å²) in [6.07, 6.45) is 5.79. The molecule has 8 bridgehead atoms. The van der Waals surface area contributed by atoms with Gasteiger partial charge in [0.05, 0.1) is 26.4 Å². The molecule has 1 aliphatic carbocycles. The maximum atomic E-state index is 15.6. The van der Waals surface area contributed by atoms with E-state index in [-0.39, 0.29) is 5.78 Å². The Kier molecular flexibility index (Phi) is 15.6. The molecule has 0 saturated heterocycles. The number of fused-ring (bicyclic) bond motifs is 8. The van der Waals surface area contributed by atoms with Crippen molar-refractivity contribution in [1.82, 2.24) is 0 Å². The Balaban J connectivity index is 1.41. The molecule has 0 unspecified atom stereocenters. The van der Waals surface area contributed by atoms with E-state index in [9.17, 15) is 0 Å². The number of para-hydroxylation sites is 3. The summed E-state index contributed by atoms with van der Waals surface area (Å²) in [5.74, 6) is 5.54. The molecule has 66 heavy (non-hydrogen) atoms. The average molecular weight is 895 g/mol. The van der Waals surface area contributed by atoms with E-state index in [0.717, 1.165) is 109 Å². The summed E-state index contributed by atoms with van der Waals surface area (Å²) in [5, 5.41) is 3.37. The number of ether oxygens (including phenoxy) is 4. The van der Waals surface area contributed by atoms with Crippen molar-refractivity contribution in [2.75, 3.05) is 26.4 Å². The summed E-state index contributed by atoms with van der Waals surface area (Å²) in [5.41, 5.74) is 9.08. The maximum Gasteiger partial charge on any atom is 0.186 e. The van der Waals surface area contributed by atoms with Crippen LogP contribution >= 0.6 is 6.89 Å². The first-order valence-corrected chi connectivity index (χ1v) is 25.8. The lowest BCUT2D eigenvalue weighted by Gasteiger charge is -2.28. The van der Waals surface area contributed by atoms with Crippen LogP contribution in [0.25, 0.3) is 0 Å². The molecule has 0 amide bonds. The van der Waals surface area contributed by atoms with Crippen LogP contribution < -0.4 is 34.9 Å². The summed E-state index contributed by atoms with van der Waals surface area (Å²) in [4.78, 5) is 15.6. The Morgan fingerprint density at radius 3 is 0.955 bits per heavy atom. The van der Waals surface area contributed by atoms with Gasteiger partial charge in [0.2, 0.25) is 0 Å². The molecule has 7 aromatic rings. The summed E-state index contributed by atoms with van der Waals surface area (Å²) in [7, 11) is 0. The smallest absolute Gasteiger partial charge is 0.186 e. The van der Waals surface area contributed by atoms with E-state index in [1.807, 2.05) is 24.0 Å². The number of carbonyl (C=O) groups is 1. The Bertz CT molecular complexity index is 2570. The first-order chi connectivity index (χ1) is 32.5. The lowest BCUT2D eigenvalue weighted by atomic mass is 9.90. The second-order valence-corrected chi connectivity index (χ2v) is 20.4. The van der Waals surface area contributed by atoms with E-state index < -0.39 is 6.89 Å². The standard InChI is InChI=1S/C60H63O5P/c1-5-33-62-57-44-21-18-22-45(57)38-47-24-20-26-49(59(47)64-35-7-3)40-52-42-50(41-51(60(52)65-36-8-4)39-48-25-19-23-46(37-44)58(48)63-34-6-2)56(61)43-66(53-27-12-9-13-28-53,54-29-14-10-15-30-54)55-31-16-11-17-32-55/h9-32,41-43H,5-8,33-40H2,1-4H3. The topological polar surface area (TPSA) is 54.0 Å². The van der Waals surface area contributed by atoms with Crippen LogP contribution in [0.15, 0.2) is 158 Å². The summed E-state index contributed by atoms with van der Waals surface area (Å²) in [6, 6.07) is 55.4. The fourth-order valence-corrected chi connectivity index (χ4v) is 13.0. The molecule has 0 aromatic heterocycles. The first-order valence-electron chi connectivity index (χ1n) is 23.9. The third kappa shape index (κ3) is 10.2. The van der Waals surface area contributed by atoms with Crippen molar-refractivity contribution in [2.45, 2.75) is 79.1 Å². The number of ketones is 1. The number of hydrogen-bond acceptors (Lipinski definition) is 5. The Morgan fingerprint density at radius 1 is 0.394 bits per heavy atom. The van der Waals surface area contributed by atoms with Gasteiger partial charge >= 0.3 is 0 Å². The minimum Gasteiger partial charge on any atom is -0.493 e. The van der Waals surface area contributed by atoms with Crippen LogP contribution in [0.5, 0.6) is 23.0 Å². The average Bonchev–Trinajstić information content (AvgIpc) is 3.35. The fourth-order valence-electron chi connectivity index (χ4n) is 9.20. The predicted molar refractivity (Wildman–Crippen MR) is 276 cm³/mol. The number of carbonyl (C=O) groups excluding carboxylic acids is 1. The highest BCUT2D eigenvalue weighted by atomic mass is 31.2. The van der Waals surface area contributed by atoms with Crippen molar-refractivity contribution in [1.29, 1.82) is 0 Å². The number of rotatable bonds is 17. The minimum absolute atomic E-state index is 0.0238. The molecule has 0 atom stereocenters. The predicted octanol–water partition coefficient (Wildman–Crippen LogP) is 12.5. The highest BCUT2D eigenvalue weighted by Crippen LogP contribution is 2.45. The summed E-state index contributed by atoms with van der Waals surface area (Å²) in [6.45, 7) is 8.29. The molecule has 5 nitrogen and oxygen atoms in total. The van der Waals surface area contributed by atoms with Crippen LogP contribution in [0.1, 0.15) is 108 Å². The van der Waals surface area contributed by atoms with E-state index in [2.05, 4.69) is 167 Å². The zero-order chi connectivity index (χ0) is 45.7. The van der Waals surface area contributed by atoms with Gasteiger partial charge in [-0.3, -0.25) is 4.79 Å². The first kappa shape index (κ1) is 46.2.